The highest BCUT2D eigenvalue weighted by Crippen LogP contribution is 2.26. The first-order chi connectivity index (χ1) is 8.88. The van der Waals surface area contributed by atoms with Gasteiger partial charge in [-0.3, -0.25) is 9.71 Å². The number of aromatic nitrogens is 2. The van der Waals surface area contributed by atoms with Crippen LogP contribution in [0.15, 0.2) is 40.0 Å². The molecule has 0 bridgehead atoms. The topological polar surface area (TPSA) is 72.0 Å². The molecule has 0 radical (unpaired) electrons. The van der Waals surface area contributed by atoms with Crippen molar-refractivity contribution in [2.24, 2.45) is 0 Å². The monoisotopic (exact) mass is 381 g/mol. The van der Waals surface area contributed by atoms with Crippen LogP contribution in [0, 0.1) is 0 Å². The molecule has 0 atom stereocenters. The molecule has 1 aromatic carbocycles. The smallest absolute Gasteiger partial charge is 0.262 e. The third-order valence-corrected chi connectivity index (χ3v) is 4.79. The number of anilines is 1. The van der Waals surface area contributed by atoms with Gasteiger partial charge < -0.3 is 0 Å². The lowest BCUT2D eigenvalue weighted by molar-refractivity contribution is 0.601. The average Bonchev–Trinajstić information content (AvgIpc) is 2.32. The highest BCUT2D eigenvalue weighted by molar-refractivity contribution is 9.10. The molecule has 0 saturated carbocycles. The maximum Gasteiger partial charge on any atom is 0.263 e. The number of benzene rings is 1. The number of sulfonamides is 1. The van der Waals surface area contributed by atoms with E-state index in [9.17, 15) is 8.42 Å². The van der Waals surface area contributed by atoms with Crippen molar-refractivity contribution >= 4 is 55.0 Å². The Morgan fingerprint density at radius 2 is 1.95 bits per heavy atom. The minimum atomic E-state index is -3.77. The zero-order valence-electron chi connectivity index (χ0n) is 9.14. The summed E-state index contributed by atoms with van der Waals surface area (Å²) in [7, 11) is -3.77. The van der Waals surface area contributed by atoms with Gasteiger partial charge in [0.2, 0.25) is 0 Å². The lowest BCUT2D eigenvalue weighted by Gasteiger charge is -2.07. The molecule has 9 heteroatoms. The van der Waals surface area contributed by atoms with E-state index in [1.807, 2.05) is 0 Å². The van der Waals surface area contributed by atoms with Crippen LogP contribution >= 0.6 is 39.1 Å². The maximum absolute atomic E-state index is 12.1. The molecule has 1 aromatic heterocycles. The van der Waals surface area contributed by atoms with Crippen molar-refractivity contribution in [3.63, 3.8) is 0 Å². The van der Waals surface area contributed by atoms with Crippen LogP contribution in [0.5, 0.6) is 0 Å². The number of nitrogens with zero attached hydrogens (tertiary/aromatic N) is 2. The average molecular weight is 383 g/mol. The summed E-state index contributed by atoms with van der Waals surface area (Å²) in [6.45, 7) is 0. The normalized spacial score (nSPS) is 11.3. The summed E-state index contributed by atoms with van der Waals surface area (Å²) in [6, 6.07) is 4.25. The summed E-state index contributed by atoms with van der Waals surface area (Å²) in [5.74, 6) is 0.0403. The van der Waals surface area contributed by atoms with Gasteiger partial charge >= 0.3 is 0 Å². The molecule has 5 nitrogen and oxygen atoms in total. The first-order valence-corrected chi connectivity index (χ1v) is 7.87. The van der Waals surface area contributed by atoms with E-state index in [-0.39, 0.29) is 15.9 Å². The van der Waals surface area contributed by atoms with Gasteiger partial charge in [-0.25, -0.2) is 13.4 Å². The van der Waals surface area contributed by atoms with Gasteiger partial charge in [0, 0.05) is 4.47 Å². The van der Waals surface area contributed by atoms with Crippen molar-refractivity contribution in [3.05, 3.63) is 45.2 Å². The molecule has 19 heavy (non-hydrogen) atoms. The van der Waals surface area contributed by atoms with Crippen LogP contribution in [0.3, 0.4) is 0 Å². The first kappa shape index (κ1) is 14.5. The number of hydrogen-bond donors (Lipinski definition) is 1. The van der Waals surface area contributed by atoms with Gasteiger partial charge in [0.05, 0.1) is 22.3 Å². The van der Waals surface area contributed by atoms with Crippen LogP contribution in [-0.4, -0.2) is 18.4 Å². The molecule has 0 spiro atoms. The van der Waals surface area contributed by atoms with Crippen molar-refractivity contribution in [3.8, 4) is 0 Å². The standard InChI is InChI=1S/C10H6BrCl2N3O2S/c11-7-3-6(1-2-8(7)12)19(17,18)16-10-5-14-4-9(13)15-10/h1-5H,(H,15,16). The van der Waals surface area contributed by atoms with Crippen LogP contribution < -0.4 is 4.72 Å². The Balaban J connectivity index is 2.35. The summed E-state index contributed by atoms with van der Waals surface area (Å²) >= 11 is 14.6. The van der Waals surface area contributed by atoms with Crippen molar-refractivity contribution in [2.75, 3.05) is 4.72 Å². The second kappa shape index (κ2) is 5.62. The summed E-state index contributed by atoms with van der Waals surface area (Å²) in [4.78, 5) is 7.59. The molecule has 0 unspecified atom stereocenters. The molecule has 1 N–H and O–H groups in total. The van der Waals surface area contributed by atoms with Crippen LogP contribution in [-0.2, 0) is 10.0 Å². The second-order valence-corrected chi connectivity index (χ2v) is 6.74. The quantitative estimate of drug-likeness (QED) is 0.883. The highest BCUT2D eigenvalue weighted by atomic mass is 79.9. The SMILES string of the molecule is O=S(=O)(Nc1cncc(Cl)n1)c1ccc(Cl)c(Br)c1. The second-order valence-electron chi connectivity index (χ2n) is 3.41. The molecular formula is C10H6BrCl2N3O2S. The maximum atomic E-state index is 12.1. The molecular weight excluding hydrogens is 377 g/mol. The summed E-state index contributed by atoms with van der Waals surface area (Å²) in [5.41, 5.74) is 0. The Labute approximate surface area is 128 Å². The molecule has 0 fully saturated rings. The molecule has 100 valence electrons. The van der Waals surface area contributed by atoms with E-state index in [2.05, 4.69) is 30.6 Å². The Hall–Kier alpha value is -0.890. The minimum absolute atomic E-state index is 0.0403. The van der Waals surface area contributed by atoms with E-state index in [4.69, 9.17) is 23.2 Å². The molecule has 1 heterocycles. The predicted molar refractivity (Wildman–Crippen MR) is 77.0 cm³/mol. The molecule has 0 saturated heterocycles. The Bertz CT molecular complexity index is 724. The fraction of sp³-hybridized carbons (Fsp3) is 0. The zero-order chi connectivity index (χ0) is 14.0. The lowest BCUT2D eigenvalue weighted by atomic mass is 10.4. The van der Waals surface area contributed by atoms with Gasteiger partial charge in [-0.2, -0.15) is 0 Å². The summed E-state index contributed by atoms with van der Waals surface area (Å²) < 4.78 is 26.9. The summed E-state index contributed by atoms with van der Waals surface area (Å²) in [6.07, 6.45) is 2.56. The third-order valence-electron chi connectivity index (χ3n) is 2.05. The molecule has 2 aromatic rings. The van der Waals surface area contributed by atoms with Crippen LogP contribution in [0.1, 0.15) is 0 Å². The van der Waals surface area contributed by atoms with Gasteiger partial charge in [0.1, 0.15) is 5.15 Å². The largest absolute Gasteiger partial charge is 0.263 e. The number of rotatable bonds is 3. The molecule has 2 rings (SSSR count). The van der Waals surface area contributed by atoms with Gasteiger partial charge in [0.25, 0.3) is 10.0 Å². The van der Waals surface area contributed by atoms with Gasteiger partial charge in [-0.15, -0.1) is 0 Å². The van der Waals surface area contributed by atoms with E-state index in [1.165, 1.54) is 30.6 Å². The van der Waals surface area contributed by atoms with Crippen LogP contribution in [0.2, 0.25) is 10.2 Å². The van der Waals surface area contributed by atoms with Crippen LogP contribution in [0.4, 0.5) is 5.82 Å². The molecule has 0 aliphatic carbocycles. The minimum Gasteiger partial charge on any atom is -0.262 e. The van der Waals surface area contributed by atoms with E-state index >= 15 is 0 Å². The van der Waals surface area contributed by atoms with Crippen molar-refractivity contribution in [2.45, 2.75) is 4.90 Å². The third kappa shape index (κ3) is 3.56. The molecule has 0 amide bonds. The molecule has 0 aliphatic heterocycles. The van der Waals surface area contributed by atoms with E-state index < -0.39 is 10.0 Å². The Kier molecular flexibility index (Phi) is 4.29. The first-order valence-electron chi connectivity index (χ1n) is 4.84. The van der Waals surface area contributed by atoms with Crippen molar-refractivity contribution < 1.29 is 8.42 Å². The highest BCUT2D eigenvalue weighted by Gasteiger charge is 2.16. The van der Waals surface area contributed by atoms with Gasteiger partial charge in [-0.1, -0.05) is 23.2 Å². The predicted octanol–water partition coefficient (Wildman–Crippen LogP) is 3.35. The fourth-order valence-electron chi connectivity index (χ4n) is 1.23. The van der Waals surface area contributed by atoms with E-state index in [0.29, 0.717) is 9.50 Å². The van der Waals surface area contributed by atoms with Crippen LogP contribution in [0.25, 0.3) is 0 Å². The Morgan fingerprint density at radius 3 is 2.58 bits per heavy atom. The van der Waals surface area contributed by atoms with E-state index in [0.717, 1.165) is 0 Å². The number of nitrogens with one attached hydrogen (secondary N) is 1. The molecule has 0 aliphatic rings. The van der Waals surface area contributed by atoms with Crippen molar-refractivity contribution in [1.82, 2.24) is 9.97 Å². The number of hydrogen-bond acceptors (Lipinski definition) is 4. The van der Waals surface area contributed by atoms with Gasteiger partial charge in [0.15, 0.2) is 5.82 Å². The van der Waals surface area contributed by atoms with Gasteiger partial charge in [-0.05, 0) is 34.1 Å². The van der Waals surface area contributed by atoms with E-state index in [1.54, 1.807) is 0 Å². The zero-order valence-corrected chi connectivity index (χ0v) is 13.1. The van der Waals surface area contributed by atoms with Crippen molar-refractivity contribution in [1.29, 1.82) is 0 Å². The lowest BCUT2D eigenvalue weighted by Crippen LogP contribution is -2.14. The number of halogens is 3. The Morgan fingerprint density at radius 1 is 1.21 bits per heavy atom. The fourth-order valence-corrected chi connectivity index (χ4v) is 3.04. The summed E-state index contributed by atoms with van der Waals surface area (Å²) in [5, 5.41) is 0.513.